The standard InChI is InChI=1S/C3H7ClO3S.K/c4-2-1-3-8(5,6)7;/h1-3H2,(H,5,6,7);/q;+1/p-1. The van der Waals surface area contributed by atoms with Crippen molar-refractivity contribution in [3.63, 3.8) is 0 Å². The van der Waals surface area contributed by atoms with Crippen molar-refractivity contribution >= 4 is 21.7 Å². The fourth-order valence-electron chi connectivity index (χ4n) is 0.231. The van der Waals surface area contributed by atoms with E-state index in [1.165, 1.54) is 0 Å². The second kappa shape index (κ2) is 6.54. The summed E-state index contributed by atoms with van der Waals surface area (Å²) in [6, 6.07) is 0. The zero-order chi connectivity index (χ0) is 6.62. The fraction of sp³-hybridized carbons (Fsp3) is 1.00. The Hall–Kier alpha value is 1.84. The molecule has 0 unspecified atom stereocenters. The summed E-state index contributed by atoms with van der Waals surface area (Å²) < 4.78 is 29.3. The van der Waals surface area contributed by atoms with Crippen molar-refractivity contribution in [2.75, 3.05) is 11.6 Å². The van der Waals surface area contributed by atoms with Crippen LogP contribution in [0, 0.1) is 0 Å². The SMILES string of the molecule is O=S(=O)([O-])CCCCl.[K+]. The maximum atomic E-state index is 9.78. The van der Waals surface area contributed by atoms with Crippen LogP contribution in [0.15, 0.2) is 0 Å². The van der Waals surface area contributed by atoms with Gasteiger partial charge in [0, 0.05) is 11.6 Å². The van der Waals surface area contributed by atoms with Gasteiger partial charge in [0.2, 0.25) is 0 Å². The average molecular weight is 197 g/mol. The van der Waals surface area contributed by atoms with Crippen LogP contribution in [-0.4, -0.2) is 24.6 Å². The molecule has 0 heterocycles. The van der Waals surface area contributed by atoms with E-state index >= 15 is 0 Å². The van der Waals surface area contributed by atoms with E-state index in [2.05, 4.69) is 0 Å². The molecule has 0 spiro atoms. The molecule has 0 radical (unpaired) electrons. The van der Waals surface area contributed by atoms with Crippen LogP contribution >= 0.6 is 11.6 Å². The van der Waals surface area contributed by atoms with Crippen LogP contribution in [0.5, 0.6) is 0 Å². The van der Waals surface area contributed by atoms with Gasteiger partial charge >= 0.3 is 51.4 Å². The second-order valence-electron chi connectivity index (χ2n) is 1.30. The van der Waals surface area contributed by atoms with Crippen molar-refractivity contribution in [1.29, 1.82) is 0 Å². The molecule has 0 aromatic carbocycles. The fourth-order valence-corrected chi connectivity index (χ4v) is 1.02. The van der Waals surface area contributed by atoms with Gasteiger partial charge in [0.15, 0.2) is 0 Å². The van der Waals surface area contributed by atoms with Gasteiger partial charge in [0.05, 0.1) is 10.1 Å². The molecule has 6 heteroatoms. The molecule has 0 aromatic rings. The van der Waals surface area contributed by atoms with Crippen LogP contribution < -0.4 is 51.4 Å². The van der Waals surface area contributed by atoms with Crippen LogP contribution in [-0.2, 0) is 10.1 Å². The van der Waals surface area contributed by atoms with E-state index in [9.17, 15) is 13.0 Å². The number of hydrogen-bond donors (Lipinski definition) is 0. The Labute approximate surface area is 102 Å². The van der Waals surface area contributed by atoms with Crippen LogP contribution in [0.25, 0.3) is 0 Å². The summed E-state index contributed by atoms with van der Waals surface area (Å²) in [7, 11) is -4.02. The molecule has 0 aliphatic rings. The summed E-state index contributed by atoms with van der Waals surface area (Å²) in [6.07, 6.45) is 0.243. The molecule has 0 rings (SSSR count). The average Bonchev–Trinajstić information content (AvgIpc) is 1.59. The van der Waals surface area contributed by atoms with E-state index < -0.39 is 10.1 Å². The first-order valence-electron chi connectivity index (χ1n) is 2.06. The Balaban J connectivity index is 0. The molecule has 0 fully saturated rings. The summed E-state index contributed by atoms with van der Waals surface area (Å²) in [4.78, 5) is 0. The number of halogens is 1. The molecule has 0 atom stereocenters. The van der Waals surface area contributed by atoms with Gasteiger partial charge in [-0.05, 0) is 6.42 Å². The number of hydrogen-bond acceptors (Lipinski definition) is 3. The first-order valence-corrected chi connectivity index (χ1v) is 4.17. The van der Waals surface area contributed by atoms with Crippen molar-refractivity contribution < 1.29 is 64.4 Å². The van der Waals surface area contributed by atoms with Gasteiger partial charge in [0.1, 0.15) is 0 Å². The van der Waals surface area contributed by atoms with E-state index in [4.69, 9.17) is 11.6 Å². The van der Waals surface area contributed by atoms with Gasteiger partial charge in [0.25, 0.3) is 0 Å². The third-order valence-corrected chi connectivity index (χ3v) is 1.58. The normalized spacial score (nSPS) is 10.4. The van der Waals surface area contributed by atoms with Crippen molar-refractivity contribution in [3.05, 3.63) is 0 Å². The second-order valence-corrected chi connectivity index (χ2v) is 3.21. The summed E-state index contributed by atoms with van der Waals surface area (Å²) in [6.45, 7) is 0. The summed E-state index contributed by atoms with van der Waals surface area (Å²) >= 11 is 5.10. The summed E-state index contributed by atoms with van der Waals surface area (Å²) in [5.41, 5.74) is 0. The third-order valence-electron chi connectivity index (χ3n) is 0.528. The predicted octanol–water partition coefficient (Wildman–Crippen LogP) is -2.84. The quantitative estimate of drug-likeness (QED) is 0.278. The molecule has 0 saturated heterocycles. The molecular weight excluding hydrogens is 191 g/mol. The molecule has 0 bridgehead atoms. The predicted molar refractivity (Wildman–Crippen MR) is 29.9 cm³/mol. The zero-order valence-electron chi connectivity index (χ0n) is 5.13. The molecule has 0 aliphatic carbocycles. The van der Waals surface area contributed by atoms with Gasteiger partial charge in [-0.3, -0.25) is 0 Å². The van der Waals surface area contributed by atoms with E-state index in [0.717, 1.165) is 0 Å². The molecule has 9 heavy (non-hydrogen) atoms. The van der Waals surface area contributed by atoms with E-state index in [1.54, 1.807) is 0 Å². The Morgan fingerprint density at radius 1 is 1.44 bits per heavy atom. The van der Waals surface area contributed by atoms with Gasteiger partial charge in [-0.1, -0.05) is 0 Å². The minimum Gasteiger partial charge on any atom is -0.748 e. The first-order chi connectivity index (χ1) is 3.56. The van der Waals surface area contributed by atoms with E-state index in [0.29, 0.717) is 0 Å². The molecule has 0 saturated carbocycles. The zero-order valence-corrected chi connectivity index (χ0v) is 9.83. The van der Waals surface area contributed by atoms with Crippen molar-refractivity contribution in [1.82, 2.24) is 0 Å². The Bertz CT molecular complexity index is 143. The summed E-state index contributed by atoms with van der Waals surface area (Å²) in [5.74, 6) is -0.127. The minimum atomic E-state index is -4.02. The van der Waals surface area contributed by atoms with Gasteiger partial charge in [-0.15, -0.1) is 11.6 Å². The maximum Gasteiger partial charge on any atom is 1.00 e. The van der Waals surface area contributed by atoms with Crippen molar-refractivity contribution in [3.8, 4) is 0 Å². The molecular formula is C3H6ClKO3S. The van der Waals surface area contributed by atoms with Crippen LogP contribution in [0.3, 0.4) is 0 Å². The van der Waals surface area contributed by atoms with Gasteiger partial charge in [-0.25, -0.2) is 8.42 Å². The van der Waals surface area contributed by atoms with Crippen molar-refractivity contribution in [2.45, 2.75) is 6.42 Å². The van der Waals surface area contributed by atoms with Gasteiger partial charge in [-0.2, -0.15) is 0 Å². The van der Waals surface area contributed by atoms with Crippen LogP contribution in [0.4, 0.5) is 0 Å². The monoisotopic (exact) mass is 196 g/mol. The molecule has 0 amide bonds. The van der Waals surface area contributed by atoms with E-state index in [1.807, 2.05) is 0 Å². The minimum absolute atomic E-state index is 0. The Kier molecular flexibility index (Phi) is 9.76. The largest absolute Gasteiger partial charge is 1.00 e. The Morgan fingerprint density at radius 3 is 2.00 bits per heavy atom. The summed E-state index contributed by atoms with van der Waals surface area (Å²) in [5, 5.41) is 0. The third kappa shape index (κ3) is 12.9. The molecule has 0 aliphatic heterocycles. The molecule has 3 nitrogen and oxygen atoms in total. The molecule has 0 aromatic heterocycles. The maximum absolute atomic E-state index is 9.78. The molecule has 50 valence electrons. The van der Waals surface area contributed by atoms with Crippen molar-refractivity contribution in [2.24, 2.45) is 0 Å². The first kappa shape index (κ1) is 13.4. The molecule has 0 N–H and O–H groups in total. The number of alkyl halides is 1. The van der Waals surface area contributed by atoms with Crippen LogP contribution in [0.1, 0.15) is 6.42 Å². The Morgan fingerprint density at radius 2 is 1.89 bits per heavy atom. The topological polar surface area (TPSA) is 57.2 Å². The van der Waals surface area contributed by atoms with Crippen LogP contribution in [0.2, 0.25) is 0 Å². The smallest absolute Gasteiger partial charge is 0.748 e. The number of rotatable bonds is 3. The van der Waals surface area contributed by atoms with Gasteiger partial charge < -0.3 is 4.55 Å². The van der Waals surface area contributed by atoms with E-state index in [-0.39, 0.29) is 69.4 Å².